The molecule has 0 saturated heterocycles. The van der Waals surface area contributed by atoms with Gasteiger partial charge >= 0.3 is 0 Å². The Morgan fingerprint density at radius 2 is 1.48 bits per heavy atom. The van der Waals surface area contributed by atoms with Gasteiger partial charge in [-0.1, -0.05) is 23.2 Å². The molecule has 33 heavy (non-hydrogen) atoms. The molecule has 2 N–H and O–H groups in total. The fourth-order valence-corrected chi connectivity index (χ4v) is 4.99. The number of carbonyl (C=O) groups excluding carboxylic acids is 2. The van der Waals surface area contributed by atoms with E-state index in [9.17, 15) is 14.0 Å². The SMILES string of the molecule is O=C(CCOc1ccc(Cl)c(F)c1)NC12CCC(NC(=O)COc3ccc(Cl)cc3)(CC1)C2. The van der Waals surface area contributed by atoms with Crippen molar-refractivity contribution in [2.75, 3.05) is 13.2 Å². The summed E-state index contributed by atoms with van der Waals surface area (Å²) < 4.78 is 24.5. The van der Waals surface area contributed by atoms with E-state index in [0.29, 0.717) is 22.9 Å². The zero-order valence-corrected chi connectivity index (χ0v) is 19.5. The van der Waals surface area contributed by atoms with Crippen molar-refractivity contribution in [1.82, 2.24) is 10.6 Å². The Hall–Kier alpha value is -2.51. The number of carbonyl (C=O) groups is 2. The van der Waals surface area contributed by atoms with Gasteiger partial charge in [-0.25, -0.2) is 4.39 Å². The molecule has 0 radical (unpaired) electrons. The molecule has 2 aromatic carbocycles. The maximum absolute atomic E-state index is 13.5. The predicted octanol–water partition coefficient (Wildman–Crippen LogP) is 4.67. The zero-order chi connectivity index (χ0) is 23.5. The summed E-state index contributed by atoms with van der Waals surface area (Å²) in [4.78, 5) is 25.0. The molecule has 2 amide bonds. The molecular formula is C24H25Cl2FN2O4. The van der Waals surface area contributed by atoms with Gasteiger partial charge in [0.1, 0.15) is 17.3 Å². The van der Waals surface area contributed by atoms with Crippen LogP contribution in [0.15, 0.2) is 42.5 Å². The van der Waals surface area contributed by atoms with E-state index >= 15 is 0 Å². The molecular weight excluding hydrogens is 470 g/mol. The first-order chi connectivity index (χ1) is 15.8. The summed E-state index contributed by atoms with van der Waals surface area (Å²) in [5, 5.41) is 6.89. The van der Waals surface area contributed by atoms with Crippen molar-refractivity contribution in [3.8, 4) is 11.5 Å². The van der Waals surface area contributed by atoms with E-state index in [2.05, 4.69) is 10.6 Å². The van der Waals surface area contributed by atoms with Gasteiger partial charge in [-0.05, 0) is 68.5 Å². The summed E-state index contributed by atoms with van der Waals surface area (Å²) in [7, 11) is 0. The zero-order valence-electron chi connectivity index (χ0n) is 18.0. The molecule has 176 valence electrons. The van der Waals surface area contributed by atoms with Gasteiger partial charge in [0.05, 0.1) is 18.1 Å². The third-order valence-electron chi connectivity index (χ3n) is 6.32. The summed E-state index contributed by atoms with van der Waals surface area (Å²) in [5.74, 6) is 0.0330. The first-order valence-electron chi connectivity index (χ1n) is 10.8. The molecule has 4 rings (SSSR count). The fourth-order valence-electron chi connectivity index (χ4n) is 4.74. The number of hydrogen-bond acceptors (Lipinski definition) is 4. The normalized spacial score (nSPS) is 23.2. The van der Waals surface area contributed by atoms with E-state index in [1.165, 1.54) is 12.1 Å². The van der Waals surface area contributed by atoms with E-state index in [1.54, 1.807) is 30.3 Å². The van der Waals surface area contributed by atoms with Crippen LogP contribution in [-0.4, -0.2) is 36.1 Å². The van der Waals surface area contributed by atoms with Gasteiger partial charge in [0, 0.05) is 22.2 Å². The lowest BCUT2D eigenvalue weighted by molar-refractivity contribution is -0.125. The van der Waals surface area contributed by atoms with Gasteiger partial charge in [-0.3, -0.25) is 9.59 Å². The van der Waals surface area contributed by atoms with Crippen molar-refractivity contribution < 1.29 is 23.5 Å². The highest BCUT2D eigenvalue weighted by Crippen LogP contribution is 2.50. The largest absolute Gasteiger partial charge is 0.493 e. The Morgan fingerprint density at radius 1 is 0.879 bits per heavy atom. The van der Waals surface area contributed by atoms with Crippen LogP contribution in [-0.2, 0) is 9.59 Å². The van der Waals surface area contributed by atoms with Crippen LogP contribution >= 0.6 is 23.2 Å². The maximum Gasteiger partial charge on any atom is 0.258 e. The van der Waals surface area contributed by atoms with Crippen LogP contribution in [0.25, 0.3) is 0 Å². The average Bonchev–Trinajstić information content (AvgIpc) is 3.30. The number of fused-ring (bicyclic) bond motifs is 2. The molecule has 2 fully saturated rings. The topological polar surface area (TPSA) is 76.7 Å². The standard InChI is InChI=1S/C24H25Cl2FN2O4/c25-16-1-3-17(4-2-16)33-14-22(31)29-24-10-8-23(15-24,9-11-24)28-21(30)7-12-32-18-5-6-19(26)20(27)13-18/h1-6,13H,7-12,14-15H2,(H,28,30)(H,29,31). The van der Waals surface area contributed by atoms with E-state index in [-0.39, 0.29) is 47.5 Å². The second kappa shape index (κ2) is 9.77. The van der Waals surface area contributed by atoms with Gasteiger partial charge in [0.15, 0.2) is 6.61 Å². The summed E-state index contributed by atoms with van der Waals surface area (Å²) in [5.41, 5.74) is -0.626. The molecule has 0 atom stereocenters. The van der Waals surface area contributed by atoms with Crippen LogP contribution in [0.1, 0.15) is 38.5 Å². The van der Waals surface area contributed by atoms with Crippen molar-refractivity contribution >= 4 is 35.0 Å². The second-order valence-corrected chi connectivity index (χ2v) is 9.59. The highest BCUT2D eigenvalue weighted by atomic mass is 35.5. The number of nitrogens with one attached hydrogen (secondary N) is 2. The van der Waals surface area contributed by atoms with Crippen molar-refractivity contribution in [2.45, 2.75) is 49.6 Å². The lowest BCUT2D eigenvalue weighted by atomic mass is 9.91. The Bertz CT molecular complexity index is 1020. The predicted molar refractivity (Wildman–Crippen MR) is 123 cm³/mol. The van der Waals surface area contributed by atoms with E-state index in [4.69, 9.17) is 32.7 Å². The highest BCUT2D eigenvalue weighted by Gasteiger charge is 2.55. The molecule has 2 saturated carbocycles. The molecule has 2 aliphatic carbocycles. The minimum atomic E-state index is -0.564. The van der Waals surface area contributed by atoms with Gasteiger partial charge in [0.25, 0.3) is 5.91 Å². The molecule has 0 spiro atoms. The molecule has 0 unspecified atom stereocenters. The van der Waals surface area contributed by atoms with Crippen molar-refractivity contribution in [1.29, 1.82) is 0 Å². The van der Waals surface area contributed by atoms with E-state index in [0.717, 1.165) is 25.7 Å². The van der Waals surface area contributed by atoms with Crippen LogP contribution < -0.4 is 20.1 Å². The van der Waals surface area contributed by atoms with Crippen molar-refractivity contribution in [2.24, 2.45) is 0 Å². The smallest absolute Gasteiger partial charge is 0.258 e. The van der Waals surface area contributed by atoms with Crippen LogP contribution in [0.4, 0.5) is 4.39 Å². The molecule has 6 nitrogen and oxygen atoms in total. The Labute approximate surface area is 201 Å². The minimum Gasteiger partial charge on any atom is -0.493 e. The third-order valence-corrected chi connectivity index (χ3v) is 6.88. The lowest BCUT2D eigenvalue weighted by Crippen LogP contribution is -2.47. The summed E-state index contributed by atoms with van der Waals surface area (Å²) in [6, 6.07) is 11.0. The summed E-state index contributed by atoms with van der Waals surface area (Å²) in [6.07, 6.45) is 4.07. The number of amides is 2. The number of benzene rings is 2. The summed E-state index contributed by atoms with van der Waals surface area (Å²) in [6.45, 7) is 0.0538. The Kier molecular flexibility index (Phi) is 7.00. The monoisotopic (exact) mass is 494 g/mol. The second-order valence-electron chi connectivity index (χ2n) is 8.75. The van der Waals surface area contributed by atoms with Gasteiger partial charge < -0.3 is 20.1 Å². The van der Waals surface area contributed by atoms with Crippen LogP contribution in [0, 0.1) is 5.82 Å². The molecule has 0 aromatic heterocycles. The number of ether oxygens (including phenoxy) is 2. The van der Waals surface area contributed by atoms with Gasteiger partial charge in [-0.15, -0.1) is 0 Å². The fraction of sp³-hybridized carbons (Fsp3) is 0.417. The minimum absolute atomic E-state index is 0.0220. The first kappa shape index (κ1) is 23.6. The average molecular weight is 495 g/mol. The number of rotatable bonds is 9. The van der Waals surface area contributed by atoms with Crippen molar-refractivity contribution in [3.63, 3.8) is 0 Å². The van der Waals surface area contributed by atoms with Gasteiger partial charge in [0.2, 0.25) is 5.91 Å². The lowest BCUT2D eigenvalue weighted by Gasteiger charge is -2.29. The van der Waals surface area contributed by atoms with Crippen LogP contribution in [0.2, 0.25) is 10.0 Å². The molecule has 0 heterocycles. The number of hydrogen-bond donors (Lipinski definition) is 2. The highest BCUT2D eigenvalue weighted by molar-refractivity contribution is 6.30. The van der Waals surface area contributed by atoms with Gasteiger partial charge in [-0.2, -0.15) is 0 Å². The first-order valence-corrected chi connectivity index (χ1v) is 11.6. The molecule has 0 aliphatic heterocycles. The molecule has 2 bridgehead atoms. The maximum atomic E-state index is 13.5. The molecule has 2 aliphatic rings. The summed E-state index contributed by atoms with van der Waals surface area (Å²) >= 11 is 11.5. The van der Waals surface area contributed by atoms with Crippen LogP contribution in [0.3, 0.4) is 0 Å². The molecule has 9 heteroatoms. The van der Waals surface area contributed by atoms with Crippen molar-refractivity contribution in [3.05, 3.63) is 58.3 Å². The van der Waals surface area contributed by atoms with E-state index < -0.39 is 5.82 Å². The van der Waals surface area contributed by atoms with E-state index in [1.807, 2.05) is 0 Å². The number of halogens is 3. The Balaban J connectivity index is 1.21. The van der Waals surface area contributed by atoms with Crippen LogP contribution in [0.5, 0.6) is 11.5 Å². The third kappa shape index (κ3) is 5.89. The quantitative estimate of drug-likeness (QED) is 0.531. The Morgan fingerprint density at radius 3 is 2.12 bits per heavy atom. The molecule has 2 aromatic rings.